The van der Waals surface area contributed by atoms with Gasteiger partial charge in [-0.1, -0.05) is 113 Å². The fraction of sp³-hybridized carbons (Fsp3) is 0.377. The molecule has 1 unspecified atom stereocenters. The summed E-state index contributed by atoms with van der Waals surface area (Å²) in [6.07, 6.45) is -0.869. The van der Waals surface area contributed by atoms with E-state index in [1.54, 1.807) is 6.92 Å². The molecule has 2 heterocycles. The van der Waals surface area contributed by atoms with Crippen molar-refractivity contribution in [2.45, 2.75) is 120 Å². The zero-order chi connectivity index (χ0) is 45.2. The van der Waals surface area contributed by atoms with Gasteiger partial charge in [0.25, 0.3) is 0 Å². The Morgan fingerprint density at radius 2 is 1.16 bits per heavy atom. The number of aryl methyl sites for hydroxylation is 4. The van der Waals surface area contributed by atoms with E-state index in [0.717, 1.165) is 50.5 Å². The van der Waals surface area contributed by atoms with Gasteiger partial charge in [0.05, 0.1) is 13.6 Å². The molecule has 6 aromatic rings. The van der Waals surface area contributed by atoms with E-state index < -0.39 is 24.3 Å². The molecule has 2 aromatic heterocycles. The number of hydrogen-bond donors (Lipinski definition) is 1. The number of aliphatic hydroxyl groups excluding tert-OH is 1. The second kappa shape index (κ2) is 23.0. The van der Waals surface area contributed by atoms with E-state index in [1.165, 1.54) is 33.0 Å². The second-order valence-corrected chi connectivity index (χ2v) is 16.4. The topological polar surface area (TPSA) is 63.1 Å². The molecule has 1 atom stereocenters. The quantitative estimate of drug-likeness (QED) is 0.0798. The van der Waals surface area contributed by atoms with E-state index in [-0.39, 0.29) is 38.2 Å². The van der Waals surface area contributed by atoms with Gasteiger partial charge in [0.15, 0.2) is 5.78 Å². The van der Waals surface area contributed by atoms with Crippen LogP contribution in [0.25, 0.3) is 44.1 Å². The third kappa shape index (κ3) is 14.5. The molecule has 4 nitrogen and oxygen atoms in total. The van der Waals surface area contributed by atoms with Gasteiger partial charge in [0.2, 0.25) is 0 Å². The number of alkyl halides is 3. The number of carbonyl (C=O) groups excluding carboxylic acids is 1. The summed E-state index contributed by atoms with van der Waals surface area (Å²) >= 11 is 0. The van der Waals surface area contributed by atoms with Crippen molar-refractivity contribution in [2.24, 2.45) is 11.8 Å². The minimum atomic E-state index is -4.33. The van der Waals surface area contributed by atoms with Crippen LogP contribution in [0.15, 0.2) is 97.0 Å². The number of nitrogens with zero attached hydrogens (tertiary/aromatic N) is 2. The Morgan fingerprint density at radius 3 is 1.59 bits per heavy atom. The summed E-state index contributed by atoms with van der Waals surface area (Å²) in [5, 5.41) is 14.2. The Labute approximate surface area is 376 Å². The predicted molar refractivity (Wildman–Crippen MR) is 243 cm³/mol. The van der Waals surface area contributed by atoms with Crippen LogP contribution in [0.2, 0.25) is 0 Å². The average molecular weight is 1010 g/mol. The Hall–Kier alpha value is -4.65. The van der Waals surface area contributed by atoms with E-state index >= 15 is 0 Å². The van der Waals surface area contributed by atoms with Crippen LogP contribution in [-0.2, 0) is 24.9 Å². The number of halogens is 3. The Morgan fingerprint density at radius 1 is 0.705 bits per heavy atom. The van der Waals surface area contributed by atoms with Gasteiger partial charge in [-0.2, -0.15) is 13.2 Å². The van der Waals surface area contributed by atoms with Crippen LogP contribution < -0.4 is 0 Å². The van der Waals surface area contributed by atoms with Gasteiger partial charge < -0.3 is 15.1 Å². The normalized spacial score (nSPS) is 12.4. The SMILES string of the molecule is CCC(CC)C(=O)/C=C(\O)C(CC)CC(F)(F)F.Cc1[c-]c(-c2nccc3cc(C(C)C)ccc23)cc(C)c1.[2H]c1cc2cc(C(C)C)ccc2c(-c2[c-]c(C)cc(C)c2)n1.[Ir]. The molecule has 61 heavy (non-hydrogen) atoms. The van der Waals surface area contributed by atoms with Crippen LogP contribution in [0, 0.1) is 51.7 Å². The molecule has 0 bridgehead atoms. The summed E-state index contributed by atoms with van der Waals surface area (Å²) in [6, 6.07) is 32.4. The number of aliphatic hydroxyl groups is 1. The predicted octanol–water partition coefficient (Wildman–Crippen LogP) is 15.3. The molecule has 1 radical (unpaired) electrons. The molecule has 0 spiro atoms. The molecule has 6 rings (SSSR count). The Bertz CT molecular complexity index is 2430. The monoisotopic (exact) mass is 1010 g/mol. The van der Waals surface area contributed by atoms with Gasteiger partial charge in [-0.25, -0.2) is 0 Å². The standard InChI is InChI=1S/2C20H20N.C13H21F3O2.Ir/c2*1-13(2)16-5-6-19-17(12-16)7-8-21-20(19)18-10-14(3)9-15(4)11-18;1-4-9(5-2)11(17)7-12(18)10(6-3)8-13(14,15)16;/h2*5-10,12-13H,1-4H3;7,9-10,18H,4-6,8H2,1-3H3;/q2*-1;;/b;;12-7-;/i8D;;;. The first-order chi connectivity index (χ1) is 28.7. The molecule has 0 saturated carbocycles. The van der Waals surface area contributed by atoms with E-state index in [2.05, 4.69) is 137 Å². The number of allylic oxidation sites excluding steroid dienone is 2. The largest absolute Gasteiger partial charge is 0.512 e. The van der Waals surface area contributed by atoms with Gasteiger partial charge in [0, 0.05) is 50.4 Å². The first-order valence-corrected chi connectivity index (χ1v) is 21.1. The minimum Gasteiger partial charge on any atom is -0.512 e. The maximum absolute atomic E-state index is 12.3. The van der Waals surface area contributed by atoms with Crippen molar-refractivity contribution in [3.8, 4) is 22.5 Å². The summed E-state index contributed by atoms with van der Waals surface area (Å²) < 4.78 is 44.8. The molecule has 0 fully saturated rings. The van der Waals surface area contributed by atoms with Crippen molar-refractivity contribution >= 4 is 27.3 Å². The molecular formula is C53H61F3IrN2O2-2. The first-order valence-electron chi connectivity index (χ1n) is 21.6. The van der Waals surface area contributed by atoms with E-state index in [4.69, 9.17) is 1.37 Å². The van der Waals surface area contributed by atoms with Gasteiger partial charge in [0.1, 0.15) is 0 Å². The van der Waals surface area contributed by atoms with Crippen molar-refractivity contribution in [3.63, 3.8) is 0 Å². The summed E-state index contributed by atoms with van der Waals surface area (Å²) in [6.45, 7) is 22.4. The van der Waals surface area contributed by atoms with Crippen molar-refractivity contribution in [1.82, 2.24) is 9.97 Å². The number of benzene rings is 4. The molecule has 0 aliphatic rings. The Balaban J connectivity index is 0.000000248. The zero-order valence-electron chi connectivity index (χ0n) is 38.4. The minimum absolute atomic E-state index is 0. The van der Waals surface area contributed by atoms with Crippen molar-refractivity contribution in [1.29, 1.82) is 0 Å². The van der Waals surface area contributed by atoms with Crippen molar-refractivity contribution < 1.29 is 44.5 Å². The number of hydrogen-bond acceptors (Lipinski definition) is 4. The van der Waals surface area contributed by atoms with Crippen LogP contribution in [0.5, 0.6) is 0 Å². The molecular weight excluding hydrogens is 946 g/mol. The third-order valence-corrected chi connectivity index (χ3v) is 10.7. The summed E-state index contributed by atoms with van der Waals surface area (Å²) in [4.78, 5) is 20.8. The second-order valence-electron chi connectivity index (χ2n) is 16.4. The van der Waals surface area contributed by atoms with Crippen molar-refractivity contribution in [3.05, 3.63) is 143 Å². The first kappa shape index (κ1) is 49.0. The smallest absolute Gasteiger partial charge is 0.389 e. The number of aromatic nitrogens is 2. The molecule has 1 N–H and O–H groups in total. The average Bonchev–Trinajstić information content (AvgIpc) is 3.18. The molecule has 8 heteroatoms. The van der Waals surface area contributed by atoms with Gasteiger partial charge in [-0.15, -0.1) is 69.8 Å². The molecule has 0 amide bonds. The van der Waals surface area contributed by atoms with Gasteiger partial charge in [-0.3, -0.25) is 4.79 Å². The number of pyridine rings is 2. The third-order valence-electron chi connectivity index (χ3n) is 10.7. The number of ketones is 1. The summed E-state index contributed by atoms with van der Waals surface area (Å²) in [5.41, 5.74) is 11.3. The van der Waals surface area contributed by atoms with E-state index in [9.17, 15) is 23.1 Å². The molecule has 4 aromatic carbocycles. The van der Waals surface area contributed by atoms with Crippen LogP contribution >= 0.6 is 0 Å². The molecule has 0 aliphatic heterocycles. The maximum Gasteiger partial charge on any atom is 0.389 e. The van der Waals surface area contributed by atoms with E-state index in [1.807, 2.05) is 33.0 Å². The summed E-state index contributed by atoms with van der Waals surface area (Å²) in [7, 11) is 0. The van der Waals surface area contributed by atoms with Crippen LogP contribution in [0.3, 0.4) is 0 Å². The van der Waals surface area contributed by atoms with Gasteiger partial charge in [-0.05, 0) is 87.3 Å². The zero-order valence-corrected chi connectivity index (χ0v) is 39.8. The summed E-state index contributed by atoms with van der Waals surface area (Å²) in [5.74, 6) is -0.981. The number of rotatable bonds is 11. The Kier molecular flexibility index (Phi) is 18.5. The number of carbonyl (C=O) groups is 1. The van der Waals surface area contributed by atoms with Crippen LogP contribution in [0.1, 0.15) is 121 Å². The maximum atomic E-state index is 12.3. The number of fused-ring (bicyclic) bond motifs is 2. The van der Waals surface area contributed by atoms with Crippen LogP contribution in [-0.4, -0.2) is 27.0 Å². The fourth-order valence-corrected chi connectivity index (χ4v) is 7.33. The molecule has 0 saturated heterocycles. The fourth-order valence-electron chi connectivity index (χ4n) is 7.33. The van der Waals surface area contributed by atoms with E-state index in [0.29, 0.717) is 30.9 Å². The van der Waals surface area contributed by atoms with Crippen LogP contribution in [0.4, 0.5) is 13.2 Å². The van der Waals surface area contributed by atoms with Gasteiger partial charge >= 0.3 is 6.18 Å². The molecule has 0 aliphatic carbocycles. The molecule has 327 valence electrons. The van der Waals surface area contributed by atoms with Crippen molar-refractivity contribution in [2.75, 3.05) is 0 Å².